The summed E-state index contributed by atoms with van der Waals surface area (Å²) in [4.78, 5) is 4.27. The van der Waals surface area contributed by atoms with Crippen LogP contribution >= 0.6 is 15.9 Å². The van der Waals surface area contributed by atoms with Crippen LogP contribution in [0, 0.1) is 13.8 Å². The normalized spacial score (nSPS) is 12.8. The van der Waals surface area contributed by atoms with E-state index in [4.69, 9.17) is 0 Å². The summed E-state index contributed by atoms with van der Waals surface area (Å²) in [7, 11) is 0. The van der Waals surface area contributed by atoms with Crippen LogP contribution in [0.5, 0.6) is 0 Å². The molecule has 0 aliphatic carbocycles. The molecular formula is C12H14BrN3O. The number of nitrogens with zero attached hydrogens (tertiary/aromatic N) is 3. The van der Waals surface area contributed by atoms with Crippen LogP contribution in [0.4, 0.5) is 0 Å². The Morgan fingerprint density at radius 3 is 2.53 bits per heavy atom. The lowest BCUT2D eigenvalue weighted by Gasteiger charge is -2.09. The van der Waals surface area contributed by atoms with Crippen molar-refractivity contribution in [1.29, 1.82) is 0 Å². The second-order valence-corrected chi connectivity index (χ2v) is 4.86. The topological polar surface area (TPSA) is 50.9 Å². The maximum absolute atomic E-state index is 9.51. The van der Waals surface area contributed by atoms with Crippen LogP contribution in [0.25, 0.3) is 5.69 Å². The van der Waals surface area contributed by atoms with Gasteiger partial charge in [0.05, 0.1) is 11.8 Å². The van der Waals surface area contributed by atoms with Crippen molar-refractivity contribution in [3.05, 3.63) is 39.9 Å². The maximum Gasteiger partial charge on any atom is 0.148 e. The van der Waals surface area contributed by atoms with E-state index in [0.29, 0.717) is 0 Å². The summed E-state index contributed by atoms with van der Waals surface area (Å²) >= 11 is 3.50. The zero-order valence-corrected chi connectivity index (χ0v) is 11.6. The summed E-state index contributed by atoms with van der Waals surface area (Å²) in [5, 5.41) is 13.8. The summed E-state index contributed by atoms with van der Waals surface area (Å²) in [6, 6.07) is 5.71. The molecule has 2 rings (SSSR count). The van der Waals surface area contributed by atoms with Gasteiger partial charge in [-0.1, -0.05) is 6.07 Å². The zero-order valence-electron chi connectivity index (χ0n) is 9.98. The van der Waals surface area contributed by atoms with Gasteiger partial charge in [0.1, 0.15) is 11.6 Å². The number of aryl methyl sites for hydroxylation is 2. The van der Waals surface area contributed by atoms with Crippen LogP contribution in [0.1, 0.15) is 30.2 Å². The minimum atomic E-state index is -0.473. The molecule has 1 N–H and O–H groups in total. The Kier molecular flexibility index (Phi) is 3.31. The molecule has 0 unspecified atom stereocenters. The Bertz CT molecular complexity index is 549. The number of halogens is 1. The van der Waals surface area contributed by atoms with Crippen LogP contribution in [-0.4, -0.2) is 19.9 Å². The highest BCUT2D eigenvalue weighted by Crippen LogP contribution is 2.25. The largest absolute Gasteiger partial charge is 0.389 e. The summed E-state index contributed by atoms with van der Waals surface area (Å²) < 4.78 is 2.68. The molecule has 0 bridgehead atoms. The Balaban J connectivity index is 2.50. The summed E-state index contributed by atoms with van der Waals surface area (Å²) in [6.07, 6.45) is -0.473. The fourth-order valence-electron chi connectivity index (χ4n) is 1.70. The monoisotopic (exact) mass is 295 g/mol. The molecule has 0 radical (unpaired) electrons. The Morgan fingerprint density at radius 1 is 1.35 bits per heavy atom. The van der Waals surface area contributed by atoms with Crippen molar-refractivity contribution >= 4 is 15.9 Å². The van der Waals surface area contributed by atoms with Crippen molar-refractivity contribution in [2.45, 2.75) is 26.9 Å². The van der Waals surface area contributed by atoms with E-state index >= 15 is 0 Å². The van der Waals surface area contributed by atoms with Crippen molar-refractivity contribution < 1.29 is 5.11 Å². The standard InChI is InChI=1S/C12H14BrN3O/c1-7(17)10-4-5-12(11(13)6-10)16-9(3)14-8(2)15-16/h4-7,17H,1-3H3/t7-/m0/s1. The second kappa shape index (κ2) is 4.58. The van der Waals surface area contributed by atoms with Crippen LogP contribution in [0.2, 0.25) is 0 Å². The number of aliphatic hydroxyl groups excluding tert-OH is 1. The highest BCUT2D eigenvalue weighted by molar-refractivity contribution is 9.10. The molecule has 0 saturated heterocycles. The zero-order chi connectivity index (χ0) is 12.6. The molecule has 0 aliphatic heterocycles. The van der Waals surface area contributed by atoms with Gasteiger partial charge in [-0.3, -0.25) is 0 Å². The lowest BCUT2D eigenvalue weighted by atomic mass is 10.1. The van der Waals surface area contributed by atoms with Crippen LogP contribution < -0.4 is 0 Å². The molecule has 5 heteroatoms. The molecule has 1 atom stereocenters. The molecule has 17 heavy (non-hydrogen) atoms. The quantitative estimate of drug-likeness (QED) is 0.927. The first-order valence-electron chi connectivity index (χ1n) is 5.37. The van der Waals surface area contributed by atoms with Crippen LogP contribution in [0.15, 0.2) is 22.7 Å². The molecule has 0 spiro atoms. The van der Waals surface area contributed by atoms with E-state index < -0.39 is 6.10 Å². The first kappa shape index (κ1) is 12.3. The number of hydrogen-bond donors (Lipinski definition) is 1. The lowest BCUT2D eigenvalue weighted by molar-refractivity contribution is 0.199. The van der Waals surface area contributed by atoms with Gasteiger partial charge in [0.15, 0.2) is 0 Å². The third kappa shape index (κ3) is 2.40. The van der Waals surface area contributed by atoms with Gasteiger partial charge in [-0.05, 0) is 54.4 Å². The molecule has 1 heterocycles. The van der Waals surface area contributed by atoms with Crippen molar-refractivity contribution in [2.24, 2.45) is 0 Å². The van der Waals surface area contributed by atoms with E-state index in [0.717, 1.165) is 27.4 Å². The molecule has 0 amide bonds. The fraction of sp³-hybridized carbons (Fsp3) is 0.333. The molecule has 0 aliphatic rings. The predicted octanol–water partition coefficient (Wildman–Crippen LogP) is 2.70. The fourth-order valence-corrected chi connectivity index (χ4v) is 2.27. The van der Waals surface area contributed by atoms with Crippen molar-refractivity contribution in [3.63, 3.8) is 0 Å². The molecule has 4 nitrogen and oxygen atoms in total. The second-order valence-electron chi connectivity index (χ2n) is 4.00. The van der Waals surface area contributed by atoms with Gasteiger partial charge in [-0.15, -0.1) is 0 Å². The average Bonchev–Trinajstić information content (AvgIpc) is 2.57. The number of rotatable bonds is 2. The van der Waals surface area contributed by atoms with Gasteiger partial charge in [0.25, 0.3) is 0 Å². The number of aromatic nitrogens is 3. The van der Waals surface area contributed by atoms with Crippen LogP contribution in [0.3, 0.4) is 0 Å². The van der Waals surface area contributed by atoms with E-state index in [2.05, 4.69) is 26.0 Å². The molecule has 0 fully saturated rings. The van der Waals surface area contributed by atoms with Gasteiger partial charge in [-0.25, -0.2) is 9.67 Å². The molecule has 1 aromatic carbocycles. The number of aliphatic hydroxyl groups is 1. The highest BCUT2D eigenvalue weighted by atomic mass is 79.9. The molecule has 90 valence electrons. The van der Waals surface area contributed by atoms with Gasteiger partial charge >= 0.3 is 0 Å². The van der Waals surface area contributed by atoms with Gasteiger partial charge in [0, 0.05) is 4.47 Å². The first-order valence-corrected chi connectivity index (χ1v) is 6.16. The van der Waals surface area contributed by atoms with Gasteiger partial charge < -0.3 is 5.11 Å². The third-order valence-electron chi connectivity index (χ3n) is 2.56. The Labute approximate surface area is 108 Å². The van der Waals surface area contributed by atoms with E-state index in [1.54, 1.807) is 11.6 Å². The Hall–Kier alpha value is -1.20. The third-order valence-corrected chi connectivity index (χ3v) is 3.19. The van der Waals surface area contributed by atoms with E-state index in [-0.39, 0.29) is 0 Å². The minimum absolute atomic E-state index is 0.473. The summed E-state index contributed by atoms with van der Waals surface area (Å²) in [5.41, 5.74) is 1.79. The van der Waals surface area contributed by atoms with Crippen molar-refractivity contribution in [3.8, 4) is 5.69 Å². The molecule has 0 saturated carbocycles. The number of hydrogen-bond acceptors (Lipinski definition) is 3. The van der Waals surface area contributed by atoms with E-state index in [9.17, 15) is 5.11 Å². The van der Waals surface area contributed by atoms with Crippen molar-refractivity contribution in [1.82, 2.24) is 14.8 Å². The van der Waals surface area contributed by atoms with Gasteiger partial charge in [0.2, 0.25) is 0 Å². The van der Waals surface area contributed by atoms with E-state index in [1.807, 2.05) is 32.0 Å². The molecule has 1 aromatic heterocycles. The molecular weight excluding hydrogens is 282 g/mol. The maximum atomic E-state index is 9.51. The SMILES string of the molecule is Cc1nc(C)n(-c2ccc([C@H](C)O)cc2Br)n1. The van der Waals surface area contributed by atoms with Crippen LogP contribution in [-0.2, 0) is 0 Å². The highest BCUT2D eigenvalue weighted by Gasteiger charge is 2.10. The molecule has 2 aromatic rings. The smallest absolute Gasteiger partial charge is 0.148 e. The van der Waals surface area contributed by atoms with E-state index in [1.165, 1.54) is 0 Å². The van der Waals surface area contributed by atoms with Crippen molar-refractivity contribution in [2.75, 3.05) is 0 Å². The predicted molar refractivity (Wildman–Crippen MR) is 69.2 cm³/mol. The minimum Gasteiger partial charge on any atom is -0.389 e. The average molecular weight is 296 g/mol. The number of benzene rings is 1. The summed E-state index contributed by atoms with van der Waals surface area (Å²) in [6.45, 7) is 5.52. The Morgan fingerprint density at radius 2 is 2.06 bits per heavy atom. The lowest BCUT2D eigenvalue weighted by Crippen LogP contribution is -2.01. The summed E-state index contributed by atoms with van der Waals surface area (Å²) in [5.74, 6) is 1.59. The van der Waals surface area contributed by atoms with Gasteiger partial charge in [-0.2, -0.15) is 5.10 Å². The first-order chi connectivity index (χ1) is 7.99.